The molecule has 0 radical (unpaired) electrons. The van der Waals surface area contributed by atoms with Crippen molar-refractivity contribution in [2.75, 3.05) is 30.6 Å². The number of methoxy groups -OCH3 is 2. The van der Waals surface area contributed by atoms with Crippen LogP contribution in [0.4, 0.5) is 17.2 Å². The second kappa shape index (κ2) is 12.3. The van der Waals surface area contributed by atoms with Crippen LogP contribution in [-0.4, -0.2) is 40.6 Å². The first-order valence-corrected chi connectivity index (χ1v) is 13.2. The highest BCUT2D eigenvalue weighted by Crippen LogP contribution is 2.34. The molecule has 0 aliphatic carbocycles. The minimum Gasteiger partial charge on any atom is -0.497 e. The number of aryl methyl sites for hydroxylation is 1. The van der Waals surface area contributed by atoms with Crippen molar-refractivity contribution >= 4 is 28.8 Å². The third-order valence-corrected chi connectivity index (χ3v) is 6.79. The summed E-state index contributed by atoms with van der Waals surface area (Å²) >= 11 is 0. The molecule has 0 fully saturated rings. The molecular formula is C32H31N7O3. The molecular weight excluding hydrogens is 530 g/mol. The van der Waals surface area contributed by atoms with Crippen molar-refractivity contribution in [3.05, 3.63) is 114 Å². The van der Waals surface area contributed by atoms with E-state index in [0.717, 1.165) is 11.1 Å². The third kappa shape index (κ3) is 5.92. The van der Waals surface area contributed by atoms with Gasteiger partial charge in [0.2, 0.25) is 0 Å². The molecule has 42 heavy (non-hydrogen) atoms. The van der Waals surface area contributed by atoms with E-state index in [1.54, 1.807) is 55.6 Å². The Balaban J connectivity index is 1.46. The number of anilines is 3. The number of nitrogens with one attached hydrogen (secondary N) is 3. The minimum atomic E-state index is -0.241. The van der Waals surface area contributed by atoms with Gasteiger partial charge in [-0.3, -0.25) is 14.9 Å². The predicted molar refractivity (Wildman–Crippen MR) is 164 cm³/mol. The maximum Gasteiger partial charge on any atom is 0.255 e. The number of amides is 1. The Morgan fingerprint density at radius 2 is 1.71 bits per heavy atom. The van der Waals surface area contributed by atoms with Crippen molar-refractivity contribution in [2.24, 2.45) is 7.05 Å². The molecule has 5 aromatic rings. The van der Waals surface area contributed by atoms with Gasteiger partial charge < -0.3 is 25.8 Å². The highest BCUT2D eigenvalue weighted by atomic mass is 16.5. The molecule has 0 unspecified atom stereocenters. The first-order valence-electron chi connectivity index (χ1n) is 13.2. The zero-order valence-electron chi connectivity index (χ0n) is 23.5. The van der Waals surface area contributed by atoms with Gasteiger partial charge in [0.25, 0.3) is 5.91 Å². The highest BCUT2D eigenvalue weighted by molar-refractivity contribution is 6.18. The smallest absolute Gasteiger partial charge is 0.255 e. The van der Waals surface area contributed by atoms with Crippen molar-refractivity contribution < 1.29 is 14.3 Å². The van der Waals surface area contributed by atoms with E-state index < -0.39 is 0 Å². The number of nitrogens with zero attached hydrogens (tertiary/aromatic N) is 3. The number of aromatic nitrogens is 3. The molecule has 212 valence electrons. The second-order valence-corrected chi connectivity index (χ2v) is 9.52. The van der Waals surface area contributed by atoms with Crippen molar-refractivity contribution in [2.45, 2.75) is 6.54 Å². The van der Waals surface area contributed by atoms with E-state index in [9.17, 15) is 4.79 Å². The topological polar surface area (TPSA) is 140 Å². The van der Waals surface area contributed by atoms with Crippen LogP contribution in [0.1, 0.15) is 27.0 Å². The molecule has 5 rings (SSSR count). The van der Waals surface area contributed by atoms with Crippen LogP contribution in [0, 0.1) is 5.41 Å². The monoisotopic (exact) mass is 561 g/mol. The summed E-state index contributed by atoms with van der Waals surface area (Å²) in [6.45, 7) is 0.366. The summed E-state index contributed by atoms with van der Waals surface area (Å²) in [6.07, 6.45) is 5.22. The fraction of sp³-hybridized carbons (Fsp3) is 0.125. The van der Waals surface area contributed by atoms with Crippen LogP contribution >= 0.6 is 0 Å². The SMILES string of the molecule is COc1ccc(CNc2ncc(-c3cnn(C)c3)c(N)c2C(=N)c2ccc(C(=O)Nc3ccccc3)cc2)c(OC)c1. The number of carbonyl (C=O) groups excluding carboxylic acids is 1. The molecule has 0 aliphatic heterocycles. The van der Waals surface area contributed by atoms with E-state index in [4.69, 9.17) is 20.6 Å². The fourth-order valence-corrected chi connectivity index (χ4v) is 4.54. The zero-order valence-corrected chi connectivity index (χ0v) is 23.5. The lowest BCUT2D eigenvalue weighted by molar-refractivity contribution is 0.102. The fourth-order valence-electron chi connectivity index (χ4n) is 4.54. The summed E-state index contributed by atoms with van der Waals surface area (Å²) in [5.74, 6) is 1.54. The maximum atomic E-state index is 12.8. The molecule has 0 saturated heterocycles. The summed E-state index contributed by atoms with van der Waals surface area (Å²) in [5, 5.41) is 19.6. The number of para-hydroxylation sites is 1. The second-order valence-electron chi connectivity index (χ2n) is 9.52. The molecule has 0 saturated carbocycles. The van der Waals surface area contributed by atoms with Crippen LogP contribution in [0.2, 0.25) is 0 Å². The number of nitrogens with two attached hydrogens (primary N) is 1. The number of pyridine rings is 1. The molecule has 3 aromatic carbocycles. The third-order valence-electron chi connectivity index (χ3n) is 6.79. The summed E-state index contributed by atoms with van der Waals surface area (Å²) in [4.78, 5) is 17.4. The molecule has 1 amide bonds. The predicted octanol–water partition coefficient (Wildman–Crippen LogP) is 5.36. The number of carbonyl (C=O) groups is 1. The lowest BCUT2D eigenvalue weighted by Gasteiger charge is -2.18. The van der Waals surface area contributed by atoms with Crippen molar-refractivity contribution in [1.82, 2.24) is 14.8 Å². The molecule has 2 aromatic heterocycles. The van der Waals surface area contributed by atoms with Crippen molar-refractivity contribution in [3.63, 3.8) is 0 Å². The van der Waals surface area contributed by atoms with E-state index in [1.165, 1.54) is 0 Å². The largest absolute Gasteiger partial charge is 0.497 e. The van der Waals surface area contributed by atoms with Crippen LogP contribution in [-0.2, 0) is 13.6 Å². The van der Waals surface area contributed by atoms with Crippen LogP contribution < -0.4 is 25.8 Å². The summed E-state index contributed by atoms with van der Waals surface area (Å²) in [5.41, 5.74) is 11.8. The molecule has 0 aliphatic rings. The number of ether oxygens (including phenoxy) is 2. The Labute approximate surface area is 243 Å². The molecule has 2 heterocycles. The normalized spacial score (nSPS) is 10.6. The van der Waals surface area contributed by atoms with Gasteiger partial charge in [0, 0.05) is 65.6 Å². The van der Waals surface area contributed by atoms with Gasteiger partial charge in [-0.1, -0.05) is 30.3 Å². The van der Waals surface area contributed by atoms with Gasteiger partial charge in [-0.25, -0.2) is 4.98 Å². The number of hydrogen-bond donors (Lipinski definition) is 4. The standard InChI is InChI=1S/C32H31N7O3/c1-39-19-23(17-37-39)26-18-36-31(35-16-22-13-14-25(41-2)15-27(22)42-3)28(30(26)34)29(33)20-9-11-21(12-10-20)32(40)38-24-7-5-4-6-8-24/h4-15,17-19,33H,16H2,1-3H3,(H,38,40)(H3,34,35,36). The van der Waals surface area contributed by atoms with E-state index in [2.05, 4.69) is 20.7 Å². The first kappa shape index (κ1) is 27.9. The summed E-state index contributed by atoms with van der Waals surface area (Å²) < 4.78 is 12.5. The van der Waals surface area contributed by atoms with Gasteiger partial charge >= 0.3 is 0 Å². The van der Waals surface area contributed by atoms with Crippen LogP contribution in [0.5, 0.6) is 11.5 Å². The molecule has 5 N–H and O–H groups in total. The van der Waals surface area contributed by atoms with E-state index in [-0.39, 0.29) is 11.6 Å². The van der Waals surface area contributed by atoms with Gasteiger partial charge in [-0.15, -0.1) is 0 Å². The Kier molecular flexibility index (Phi) is 8.14. The van der Waals surface area contributed by atoms with Gasteiger partial charge in [0.05, 0.1) is 37.4 Å². The quantitative estimate of drug-likeness (QED) is 0.168. The first-order chi connectivity index (χ1) is 20.4. The van der Waals surface area contributed by atoms with Crippen LogP contribution in [0.25, 0.3) is 11.1 Å². The van der Waals surface area contributed by atoms with Gasteiger partial charge in [-0.05, 0) is 36.4 Å². The molecule has 10 nitrogen and oxygen atoms in total. The maximum absolute atomic E-state index is 12.8. The zero-order chi connectivity index (χ0) is 29.6. The van der Waals surface area contributed by atoms with Crippen molar-refractivity contribution in [3.8, 4) is 22.6 Å². The number of nitrogen functional groups attached to an aromatic ring is 1. The van der Waals surface area contributed by atoms with Gasteiger partial charge in [-0.2, -0.15) is 5.10 Å². The average molecular weight is 562 g/mol. The Morgan fingerprint density at radius 3 is 2.38 bits per heavy atom. The lowest BCUT2D eigenvalue weighted by atomic mass is 9.96. The average Bonchev–Trinajstić information content (AvgIpc) is 3.45. The molecule has 10 heteroatoms. The highest BCUT2D eigenvalue weighted by Gasteiger charge is 2.21. The van der Waals surface area contributed by atoms with Gasteiger partial charge in [0.1, 0.15) is 17.3 Å². The van der Waals surface area contributed by atoms with E-state index in [1.807, 2.05) is 61.8 Å². The lowest BCUT2D eigenvalue weighted by Crippen LogP contribution is -2.15. The van der Waals surface area contributed by atoms with E-state index >= 15 is 0 Å². The summed E-state index contributed by atoms with van der Waals surface area (Å²) in [7, 11) is 5.02. The Hall–Kier alpha value is -5.64. The summed E-state index contributed by atoms with van der Waals surface area (Å²) in [6, 6.07) is 21.6. The molecule has 0 bridgehead atoms. The Morgan fingerprint density at radius 1 is 0.976 bits per heavy atom. The minimum absolute atomic E-state index is 0.157. The number of rotatable bonds is 10. The molecule has 0 atom stereocenters. The number of benzene rings is 3. The van der Waals surface area contributed by atoms with E-state index in [0.29, 0.717) is 57.5 Å². The van der Waals surface area contributed by atoms with Crippen LogP contribution in [0.3, 0.4) is 0 Å². The Bertz CT molecular complexity index is 1730. The number of hydrogen-bond acceptors (Lipinski definition) is 8. The van der Waals surface area contributed by atoms with Crippen LogP contribution in [0.15, 0.2) is 91.4 Å². The molecule has 0 spiro atoms. The van der Waals surface area contributed by atoms with Crippen molar-refractivity contribution in [1.29, 1.82) is 5.41 Å². The van der Waals surface area contributed by atoms with Gasteiger partial charge in [0.15, 0.2) is 0 Å².